The van der Waals surface area contributed by atoms with E-state index in [1.807, 2.05) is 0 Å². The fourth-order valence-electron chi connectivity index (χ4n) is 10.7. The summed E-state index contributed by atoms with van der Waals surface area (Å²) in [5.74, 6) is 2.19. The lowest BCUT2D eigenvalue weighted by molar-refractivity contribution is -0.145. The van der Waals surface area contributed by atoms with Crippen LogP contribution in [0.1, 0.15) is 76.0 Å². The summed E-state index contributed by atoms with van der Waals surface area (Å²) in [5, 5.41) is 0. The number of carbonyl (C=O) groups excluding carboxylic acids is 1. The van der Waals surface area contributed by atoms with Gasteiger partial charge < -0.3 is 14.2 Å². The van der Waals surface area contributed by atoms with Crippen LogP contribution in [0.15, 0.2) is 91.0 Å². The lowest BCUT2D eigenvalue weighted by Crippen LogP contribution is -2.57. The summed E-state index contributed by atoms with van der Waals surface area (Å²) in [6, 6.07) is 32.1. The van der Waals surface area contributed by atoms with Crippen LogP contribution in [0, 0.1) is 40.4 Å². The SMILES string of the molecule is COC(=O)[C@@H]1C[C@@H]2[C@](C)(C1)[C@@H]1O[C@@H]1[C@H]1CC[C@H](C)[C@@H](CCCOC(c3ccccc3)(c3ccccc3)c3ccccc3)[C@@]12C. The predicted octanol–water partition coefficient (Wildman–Crippen LogP) is 8.43. The Balaban J connectivity index is 1.17. The van der Waals surface area contributed by atoms with Crippen LogP contribution in [-0.4, -0.2) is 31.9 Å². The van der Waals surface area contributed by atoms with Crippen molar-refractivity contribution in [1.29, 1.82) is 0 Å². The van der Waals surface area contributed by atoms with E-state index in [0.29, 0.717) is 42.5 Å². The monoisotopic (exact) mass is 592 g/mol. The average Bonchev–Trinajstić information content (AvgIpc) is 3.78. The van der Waals surface area contributed by atoms with Crippen molar-refractivity contribution >= 4 is 5.97 Å². The Morgan fingerprint density at radius 2 is 1.45 bits per heavy atom. The Kier molecular flexibility index (Phi) is 7.74. The molecule has 232 valence electrons. The zero-order valence-electron chi connectivity index (χ0n) is 26.8. The second kappa shape index (κ2) is 11.4. The van der Waals surface area contributed by atoms with Gasteiger partial charge in [0, 0.05) is 12.0 Å². The number of esters is 1. The van der Waals surface area contributed by atoms with E-state index in [0.717, 1.165) is 42.4 Å². The number of rotatable bonds is 9. The summed E-state index contributed by atoms with van der Waals surface area (Å²) in [6.07, 6.45) is 7.09. The summed E-state index contributed by atoms with van der Waals surface area (Å²) in [6.45, 7) is 8.12. The van der Waals surface area contributed by atoms with Gasteiger partial charge in [0.2, 0.25) is 0 Å². The van der Waals surface area contributed by atoms with E-state index in [2.05, 4.69) is 112 Å². The van der Waals surface area contributed by atoms with E-state index in [1.165, 1.54) is 12.8 Å². The molecule has 44 heavy (non-hydrogen) atoms. The maximum absolute atomic E-state index is 12.8. The van der Waals surface area contributed by atoms with Gasteiger partial charge in [-0.1, -0.05) is 118 Å². The highest BCUT2D eigenvalue weighted by Crippen LogP contribution is 2.73. The summed E-state index contributed by atoms with van der Waals surface area (Å²) < 4.78 is 19.0. The molecule has 4 fully saturated rings. The third-order valence-corrected chi connectivity index (χ3v) is 12.6. The largest absolute Gasteiger partial charge is 0.469 e. The van der Waals surface area contributed by atoms with Crippen molar-refractivity contribution in [2.75, 3.05) is 13.7 Å². The smallest absolute Gasteiger partial charge is 0.308 e. The minimum Gasteiger partial charge on any atom is -0.469 e. The van der Waals surface area contributed by atoms with Crippen LogP contribution in [-0.2, 0) is 24.6 Å². The number of fused-ring (bicyclic) bond motifs is 6. The van der Waals surface area contributed by atoms with E-state index >= 15 is 0 Å². The van der Waals surface area contributed by atoms with Gasteiger partial charge in [-0.2, -0.15) is 0 Å². The lowest BCUT2D eigenvalue weighted by Gasteiger charge is -2.59. The minimum atomic E-state index is -0.688. The zero-order valence-corrected chi connectivity index (χ0v) is 26.8. The van der Waals surface area contributed by atoms with Crippen molar-refractivity contribution in [1.82, 2.24) is 0 Å². The second-order valence-corrected chi connectivity index (χ2v) is 14.6. The summed E-state index contributed by atoms with van der Waals surface area (Å²) in [7, 11) is 1.54. The van der Waals surface area contributed by atoms with E-state index in [4.69, 9.17) is 14.2 Å². The Hall–Kier alpha value is -2.95. The van der Waals surface area contributed by atoms with Crippen LogP contribution in [0.25, 0.3) is 0 Å². The van der Waals surface area contributed by atoms with Crippen molar-refractivity contribution in [2.24, 2.45) is 40.4 Å². The quantitative estimate of drug-likeness (QED) is 0.108. The number of hydrogen-bond donors (Lipinski definition) is 0. The maximum Gasteiger partial charge on any atom is 0.308 e. The van der Waals surface area contributed by atoms with Crippen molar-refractivity contribution in [3.8, 4) is 0 Å². The zero-order chi connectivity index (χ0) is 30.5. The summed E-state index contributed by atoms with van der Waals surface area (Å²) >= 11 is 0. The summed E-state index contributed by atoms with van der Waals surface area (Å²) in [4.78, 5) is 12.8. The molecule has 0 spiro atoms. The van der Waals surface area contributed by atoms with Gasteiger partial charge in [0.15, 0.2) is 0 Å². The first-order chi connectivity index (χ1) is 21.3. The molecular formula is C40H48O4. The van der Waals surface area contributed by atoms with Gasteiger partial charge in [-0.25, -0.2) is 0 Å². The van der Waals surface area contributed by atoms with E-state index in [9.17, 15) is 4.79 Å². The highest BCUT2D eigenvalue weighted by atomic mass is 16.6. The van der Waals surface area contributed by atoms with Gasteiger partial charge in [0.05, 0.1) is 25.2 Å². The van der Waals surface area contributed by atoms with Gasteiger partial charge in [-0.15, -0.1) is 0 Å². The molecule has 0 radical (unpaired) electrons. The standard InChI is InChI=1S/C40H48O4/c1-27-22-23-33-35-36(44-35)38(2)26-28(37(41)42-4)25-34(38)39(33,3)32(27)21-14-24-43-40(29-15-8-5-9-16-29,30-17-10-6-11-18-30)31-19-12-7-13-20-31/h5-13,15-20,27-28,32-36H,14,21-26H2,1-4H3/t27-,28+,32+,33+,34+,35+,36+,38-,39-/m0/s1. The van der Waals surface area contributed by atoms with Crippen LogP contribution in [0.4, 0.5) is 0 Å². The first kappa shape index (κ1) is 29.7. The van der Waals surface area contributed by atoms with Crippen molar-refractivity contribution in [3.63, 3.8) is 0 Å². The maximum atomic E-state index is 12.8. The molecule has 7 rings (SSSR count). The molecule has 1 saturated heterocycles. The molecule has 0 amide bonds. The normalized spacial score (nSPS) is 35.7. The van der Waals surface area contributed by atoms with Gasteiger partial charge in [0.25, 0.3) is 0 Å². The first-order valence-corrected chi connectivity index (χ1v) is 16.9. The van der Waals surface area contributed by atoms with E-state index < -0.39 is 5.60 Å². The van der Waals surface area contributed by atoms with Crippen LogP contribution in [0.2, 0.25) is 0 Å². The van der Waals surface area contributed by atoms with Gasteiger partial charge in [0.1, 0.15) is 5.60 Å². The van der Waals surface area contributed by atoms with E-state index in [1.54, 1.807) is 7.11 Å². The Bertz CT molecular complexity index is 1340. The highest BCUT2D eigenvalue weighted by Gasteiger charge is 2.74. The molecule has 1 heterocycles. The molecular weight excluding hydrogens is 544 g/mol. The Morgan fingerprint density at radius 1 is 0.886 bits per heavy atom. The third-order valence-electron chi connectivity index (χ3n) is 12.6. The van der Waals surface area contributed by atoms with Gasteiger partial charge in [-0.3, -0.25) is 4.79 Å². The molecule has 4 aliphatic rings. The van der Waals surface area contributed by atoms with Crippen LogP contribution < -0.4 is 0 Å². The topological polar surface area (TPSA) is 48.1 Å². The number of epoxide rings is 1. The van der Waals surface area contributed by atoms with Gasteiger partial charge >= 0.3 is 5.97 Å². The predicted molar refractivity (Wildman–Crippen MR) is 173 cm³/mol. The van der Waals surface area contributed by atoms with Crippen LogP contribution in [0.5, 0.6) is 0 Å². The molecule has 0 unspecified atom stereocenters. The summed E-state index contributed by atoms with van der Waals surface area (Å²) in [5.41, 5.74) is 2.94. The Labute approximate surface area is 263 Å². The average molecular weight is 593 g/mol. The van der Waals surface area contributed by atoms with Crippen LogP contribution in [0.3, 0.4) is 0 Å². The fourth-order valence-corrected chi connectivity index (χ4v) is 10.7. The van der Waals surface area contributed by atoms with Crippen molar-refractivity contribution in [3.05, 3.63) is 108 Å². The molecule has 4 heteroatoms. The highest BCUT2D eigenvalue weighted by molar-refractivity contribution is 5.73. The lowest BCUT2D eigenvalue weighted by atomic mass is 9.44. The number of methoxy groups -OCH3 is 1. The molecule has 3 aromatic rings. The second-order valence-electron chi connectivity index (χ2n) is 14.6. The Morgan fingerprint density at radius 3 is 2.00 bits per heavy atom. The van der Waals surface area contributed by atoms with E-state index in [-0.39, 0.29) is 22.7 Å². The van der Waals surface area contributed by atoms with Crippen LogP contribution >= 0.6 is 0 Å². The molecule has 4 nitrogen and oxygen atoms in total. The molecule has 0 aromatic heterocycles. The van der Waals surface area contributed by atoms with Crippen molar-refractivity contribution < 1.29 is 19.0 Å². The molecule has 0 bridgehead atoms. The minimum absolute atomic E-state index is 0.0140. The molecule has 3 saturated carbocycles. The first-order valence-electron chi connectivity index (χ1n) is 16.9. The molecule has 0 N–H and O–H groups in total. The molecule has 3 aliphatic carbocycles. The molecule has 9 atom stereocenters. The number of ether oxygens (including phenoxy) is 3. The third kappa shape index (κ3) is 4.58. The molecule has 3 aromatic carbocycles. The molecule has 1 aliphatic heterocycles. The number of hydrogen-bond acceptors (Lipinski definition) is 4. The van der Waals surface area contributed by atoms with Gasteiger partial charge in [-0.05, 0) is 77.9 Å². The number of benzene rings is 3. The number of carbonyl (C=O) groups is 1. The fraction of sp³-hybridized carbons (Fsp3) is 0.525. The van der Waals surface area contributed by atoms with Crippen molar-refractivity contribution in [2.45, 2.75) is 77.1 Å².